The van der Waals surface area contributed by atoms with Crippen molar-refractivity contribution in [2.75, 3.05) is 19.6 Å². The van der Waals surface area contributed by atoms with Crippen LogP contribution in [0.3, 0.4) is 0 Å². The van der Waals surface area contributed by atoms with Crippen LogP contribution in [0.1, 0.15) is 30.1 Å². The SMILES string of the molecule is CCN(CCNC(=O)c1ccoc1Br)C1CC1. The molecule has 1 N–H and O–H groups in total. The van der Waals surface area contributed by atoms with Gasteiger partial charge in [0.1, 0.15) is 0 Å². The molecule has 2 rings (SSSR count). The summed E-state index contributed by atoms with van der Waals surface area (Å²) in [6, 6.07) is 2.41. The largest absolute Gasteiger partial charge is 0.457 e. The molecule has 94 valence electrons. The van der Waals surface area contributed by atoms with Crippen LogP contribution in [-0.4, -0.2) is 36.5 Å². The van der Waals surface area contributed by atoms with Crippen molar-refractivity contribution in [3.8, 4) is 0 Å². The Labute approximate surface area is 109 Å². The van der Waals surface area contributed by atoms with Crippen LogP contribution in [0.5, 0.6) is 0 Å². The number of halogens is 1. The quantitative estimate of drug-likeness (QED) is 0.876. The number of amides is 1. The molecule has 1 amide bonds. The minimum absolute atomic E-state index is 0.0857. The molecule has 1 aromatic rings. The number of nitrogens with one attached hydrogen (secondary N) is 1. The first kappa shape index (κ1) is 12.6. The number of hydrogen-bond donors (Lipinski definition) is 1. The van der Waals surface area contributed by atoms with Gasteiger partial charge in [-0.2, -0.15) is 0 Å². The summed E-state index contributed by atoms with van der Waals surface area (Å²) in [5.41, 5.74) is 0.555. The lowest BCUT2D eigenvalue weighted by Gasteiger charge is -2.19. The van der Waals surface area contributed by atoms with Gasteiger partial charge in [-0.25, -0.2) is 0 Å². The number of likely N-dealkylation sites (N-methyl/N-ethyl adjacent to an activating group) is 1. The monoisotopic (exact) mass is 300 g/mol. The molecule has 0 aromatic carbocycles. The van der Waals surface area contributed by atoms with E-state index in [2.05, 4.69) is 33.1 Å². The highest BCUT2D eigenvalue weighted by atomic mass is 79.9. The summed E-state index contributed by atoms with van der Waals surface area (Å²) in [7, 11) is 0. The highest BCUT2D eigenvalue weighted by Crippen LogP contribution is 2.25. The second-order valence-corrected chi connectivity index (χ2v) is 4.94. The van der Waals surface area contributed by atoms with Crippen LogP contribution in [0.4, 0.5) is 0 Å². The Morgan fingerprint density at radius 2 is 2.41 bits per heavy atom. The molecule has 5 heteroatoms. The minimum Gasteiger partial charge on any atom is -0.457 e. The third-order valence-corrected chi connectivity index (χ3v) is 3.63. The van der Waals surface area contributed by atoms with E-state index in [4.69, 9.17) is 4.42 Å². The number of nitrogens with zero attached hydrogens (tertiary/aromatic N) is 1. The Hall–Kier alpha value is -0.810. The van der Waals surface area contributed by atoms with E-state index in [0.717, 1.165) is 19.1 Å². The van der Waals surface area contributed by atoms with E-state index in [-0.39, 0.29) is 5.91 Å². The molecule has 0 radical (unpaired) electrons. The molecular formula is C12H17BrN2O2. The molecule has 1 aliphatic carbocycles. The average Bonchev–Trinajstić information content (AvgIpc) is 3.06. The zero-order valence-electron chi connectivity index (χ0n) is 9.91. The first-order chi connectivity index (χ1) is 8.22. The van der Waals surface area contributed by atoms with E-state index in [9.17, 15) is 4.79 Å². The Bertz CT molecular complexity index is 388. The lowest BCUT2D eigenvalue weighted by molar-refractivity contribution is 0.0946. The third kappa shape index (κ3) is 3.33. The maximum absolute atomic E-state index is 11.8. The summed E-state index contributed by atoms with van der Waals surface area (Å²) in [5, 5.41) is 2.90. The molecule has 0 unspecified atom stereocenters. The zero-order valence-corrected chi connectivity index (χ0v) is 11.5. The third-order valence-electron chi connectivity index (χ3n) is 3.02. The van der Waals surface area contributed by atoms with E-state index >= 15 is 0 Å². The summed E-state index contributed by atoms with van der Waals surface area (Å²) in [6.07, 6.45) is 4.10. The highest BCUT2D eigenvalue weighted by Gasteiger charge is 2.27. The zero-order chi connectivity index (χ0) is 12.3. The summed E-state index contributed by atoms with van der Waals surface area (Å²) >= 11 is 3.20. The van der Waals surface area contributed by atoms with Gasteiger partial charge in [0.05, 0.1) is 11.8 Å². The summed E-state index contributed by atoms with van der Waals surface area (Å²) in [6.45, 7) is 4.81. The highest BCUT2D eigenvalue weighted by molar-refractivity contribution is 9.10. The van der Waals surface area contributed by atoms with E-state index in [1.807, 2.05) is 0 Å². The van der Waals surface area contributed by atoms with Gasteiger partial charge < -0.3 is 9.73 Å². The number of hydrogen-bond acceptors (Lipinski definition) is 3. The van der Waals surface area contributed by atoms with Gasteiger partial charge in [-0.05, 0) is 41.4 Å². The van der Waals surface area contributed by atoms with Crippen LogP contribution < -0.4 is 5.32 Å². The lowest BCUT2D eigenvalue weighted by Crippen LogP contribution is -2.36. The van der Waals surface area contributed by atoms with Crippen LogP contribution in [0.25, 0.3) is 0 Å². The minimum atomic E-state index is -0.0857. The second-order valence-electron chi connectivity index (χ2n) is 4.22. The van der Waals surface area contributed by atoms with Crippen molar-refractivity contribution < 1.29 is 9.21 Å². The molecule has 0 aliphatic heterocycles. The van der Waals surface area contributed by atoms with Crippen molar-refractivity contribution in [2.24, 2.45) is 0 Å². The molecule has 1 aliphatic rings. The van der Waals surface area contributed by atoms with Gasteiger partial charge >= 0.3 is 0 Å². The van der Waals surface area contributed by atoms with Gasteiger partial charge in [0.15, 0.2) is 4.67 Å². The molecule has 1 saturated carbocycles. The number of furan rings is 1. The molecule has 0 atom stereocenters. The summed E-state index contributed by atoms with van der Waals surface area (Å²) in [4.78, 5) is 14.2. The normalized spacial score (nSPS) is 15.2. The molecule has 1 heterocycles. The smallest absolute Gasteiger partial charge is 0.255 e. The van der Waals surface area contributed by atoms with Crippen LogP contribution >= 0.6 is 15.9 Å². The molecule has 0 bridgehead atoms. The van der Waals surface area contributed by atoms with Crippen molar-refractivity contribution in [2.45, 2.75) is 25.8 Å². The van der Waals surface area contributed by atoms with Crippen molar-refractivity contribution in [1.29, 1.82) is 0 Å². The van der Waals surface area contributed by atoms with Crippen LogP contribution in [0, 0.1) is 0 Å². The first-order valence-corrected chi connectivity index (χ1v) is 6.77. The fourth-order valence-electron chi connectivity index (χ4n) is 1.90. The molecule has 4 nitrogen and oxygen atoms in total. The molecular weight excluding hydrogens is 284 g/mol. The predicted molar refractivity (Wildman–Crippen MR) is 69.0 cm³/mol. The van der Waals surface area contributed by atoms with Crippen LogP contribution in [-0.2, 0) is 0 Å². The van der Waals surface area contributed by atoms with E-state index in [1.54, 1.807) is 6.07 Å². The number of carbonyl (C=O) groups excluding carboxylic acids is 1. The van der Waals surface area contributed by atoms with Crippen molar-refractivity contribution >= 4 is 21.8 Å². The van der Waals surface area contributed by atoms with E-state index < -0.39 is 0 Å². The van der Waals surface area contributed by atoms with Crippen molar-refractivity contribution in [1.82, 2.24) is 10.2 Å². The standard InChI is InChI=1S/C12H17BrN2O2/c1-2-15(9-3-4-9)7-6-14-12(16)10-5-8-17-11(10)13/h5,8-9H,2-4,6-7H2,1H3,(H,14,16). The number of carbonyl (C=O) groups is 1. The maximum atomic E-state index is 11.8. The van der Waals surface area contributed by atoms with Gasteiger partial charge in [0, 0.05) is 19.1 Å². The first-order valence-electron chi connectivity index (χ1n) is 5.97. The predicted octanol–water partition coefficient (Wildman–Crippen LogP) is 2.26. The van der Waals surface area contributed by atoms with Crippen LogP contribution in [0.15, 0.2) is 21.4 Å². The second kappa shape index (κ2) is 5.69. The van der Waals surface area contributed by atoms with Gasteiger partial charge in [-0.15, -0.1) is 0 Å². The summed E-state index contributed by atoms with van der Waals surface area (Å²) < 4.78 is 5.52. The topological polar surface area (TPSA) is 45.5 Å². The van der Waals surface area contributed by atoms with Gasteiger partial charge in [-0.1, -0.05) is 6.92 Å². The molecule has 0 saturated heterocycles. The van der Waals surface area contributed by atoms with Gasteiger partial charge in [0.2, 0.25) is 0 Å². The fourth-order valence-corrected chi connectivity index (χ4v) is 2.32. The molecule has 1 aromatic heterocycles. The van der Waals surface area contributed by atoms with E-state index in [1.165, 1.54) is 19.1 Å². The van der Waals surface area contributed by atoms with Crippen LogP contribution in [0.2, 0.25) is 0 Å². The average molecular weight is 301 g/mol. The Kier molecular flexibility index (Phi) is 4.23. The maximum Gasteiger partial charge on any atom is 0.255 e. The van der Waals surface area contributed by atoms with Gasteiger partial charge in [0.25, 0.3) is 5.91 Å². The van der Waals surface area contributed by atoms with Gasteiger partial charge in [-0.3, -0.25) is 9.69 Å². The molecule has 17 heavy (non-hydrogen) atoms. The Balaban J connectivity index is 1.74. The summed E-state index contributed by atoms with van der Waals surface area (Å²) in [5.74, 6) is -0.0857. The molecule has 0 spiro atoms. The van der Waals surface area contributed by atoms with Crippen molar-refractivity contribution in [3.05, 3.63) is 22.6 Å². The Morgan fingerprint density at radius 3 is 2.94 bits per heavy atom. The molecule has 1 fully saturated rings. The fraction of sp³-hybridized carbons (Fsp3) is 0.583. The Morgan fingerprint density at radius 1 is 1.65 bits per heavy atom. The van der Waals surface area contributed by atoms with Crippen molar-refractivity contribution in [3.63, 3.8) is 0 Å². The van der Waals surface area contributed by atoms with E-state index in [0.29, 0.717) is 16.8 Å². The number of rotatable bonds is 6. The lowest BCUT2D eigenvalue weighted by atomic mass is 10.3.